The van der Waals surface area contributed by atoms with Crippen LogP contribution >= 0.6 is 0 Å². The highest BCUT2D eigenvalue weighted by Crippen LogP contribution is 2.33. The molecule has 0 saturated carbocycles. The molecule has 0 amide bonds. The van der Waals surface area contributed by atoms with Crippen LogP contribution in [0.2, 0.25) is 6.82 Å². The Balaban J connectivity index is 1.72. The lowest BCUT2D eigenvalue weighted by Crippen LogP contribution is -2.25. The number of nitrogens with zero attached hydrogens (tertiary/aromatic N) is 3. The van der Waals surface area contributed by atoms with Gasteiger partial charge in [0.2, 0.25) is 5.95 Å². The number of fused-ring (bicyclic) bond motifs is 4. The number of hydrogen-bond acceptors (Lipinski definition) is 3. The first kappa shape index (κ1) is 18.8. The molecule has 4 nitrogen and oxygen atoms in total. The van der Waals surface area contributed by atoms with E-state index in [-0.39, 0.29) is 0 Å². The van der Waals surface area contributed by atoms with E-state index in [4.69, 9.17) is 9.97 Å². The molecule has 1 N–H and O–H groups in total. The minimum Gasteiger partial charge on any atom is -0.447 e. The van der Waals surface area contributed by atoms with E-state index in [0.717, 1.165) is 49.4 Å². The van der Waals surface area contributed by atoms with Crippen LogP contribution in [0.3, 0.4) is 0 Å². The molecule has 0 atom stereocenters. The van der Waals surface area contributed by atoms with Gasteiger partial charge in [0.25, 0.3) is 0 Å². The number of rotatable bonds is 3. The molecule has 0 radical (unpaired) electrons. The van der Waals surface area contributed by atoms with Crippen LogP contribution in [0.25, 0.3) is 49.9 Å². The SMILES string of the molecule is CB(O)c1ccc2c(c1)c1ccccc1n2-c1nc(-c2ccccc2)c2ccccc2n1. The topological polar surface area (TPSA) is 50.9 Å². The smallest absolute Gasteiger partial charge is 0.320 e. The number of aromatic nitrogens is 3. The molecular weight excluding hydrogens is 393 g/mol. The molecule has 152 valence electrons. The molecule has 0 spiro atoms. The van der Waals surface area contributed by atoms with Gasteiger partial charge in [-0.1, -0.05) is 85.7 Å². The Morgan fingerprint density at radius 3 is 2.19 bits per heavy atom. The quantitative estimate of drug-likeness (QED) is 0.405. The molecular formula is C27H20BN3O. The predicted octanol–water partition coefficient (Wildman–Crippen LogP) is 5.21. The van der Waals surface area contributed by atoms with Crippen LogP contribution in [-0.2, 0) is 0 Å². The summed E-state index contributed by atoms with van der Waals surface area (Å²) in [6, 6.07) is 32.8. The molecule has 6 aromatic rings. The normalized spacial score (nSPS) is 11.4. The summed E-state index contributed by atoms with van der Waals surface area (Å²) in [4.78, 5) is 10.0. The summed E-state index contributed by atoms with van der Waals surface area (Å²) in [7, 11) is 0. The number of para-hydroxylation sites is 2. The monoisotopic (exact) mass is 413 g/mol. The summed E-state index contributed by atoms with van der Waals surface area (Å²) >= 11 is 0. The average molecular weight is 413 g/mol. The number of hydrogen-bond donors (Lipinski definition) is 1. The van der Waals surface area contributed by atoms with Gasteiger partial charge in [-0.15, -0.1) is 0 Å². The lowest BCUT2D eigenvalue weighted by Gasteiger charge is -2.11. The Bertz CT molecular complexity index is 1610. The van der Waals surface area contributed by atoms with Crippen molar-refractivity contribution in [2.75, 3.05) is 0 Å². The van der Waals surface area contributed by atoms with Gasteiger partial charge in [0.15, 0.2) is 0 Å². The van der Waals surface area contributed by atoms with Gasteiger partial charge < -0.3 is 5.02 Å². The summed E-state index contributed by atoms with van der Waals surface area (Å²) < 4.78 is 2.12. The van der Waals surface area contributed by atoms with Crippen LogP contribution in [0.15, 0.2) is 97.1 Å². The molecule has 2 heterocycles. The third kappa shape index (κ3) is 2.90. The van der Waals surface area contributed by atoms with Crippen molar-refractivity contribution in [1.29, 1.82) is 0 Å². The molecule has 0 bridgehead atoms. The first-order chi connectivity index (χ1) is 15.7. The predicted molar refractivity (Wildman–Crippen MR) is 133 cm³/mol. The zero-order valence-corrected chi connectivity index (χ0v) is 17.6. The minimum absolute atomic E-state index is 0.525. The van der Waals surface area contributed by atoms with Crippen molar-refractivity contribution in [1.82, 2.24) is 14.5 Å². The maximum absolute atomic E-state index is 10.1. The zero-order chi connectivity index (χ0) is 21.7. The molecule has 5 heteroatoms. The van der Waals surface area contributed by atoms with E-state index in [1.807, 2.05) is 54.6 Å². The molecule has 6 rings (SSSR count). The Hall–Kier alpha value is -3.96. The second-order valence-corrected chi connectivity index (χ2v) is 8.06. The van der Waals surface area contributed by atoms with Gasteiger partial charge in [-0.2, -0.15) is 0 Å². The maximum Gasteiger partial charge on any atom is 0.320 e. The molecule has 0 fully saturated rings. The van der Waals surface area contributed by atoms with Crippen LogP contribution in [0.5, 0.6) is 0 Å². The lowest BCUT2D eigenvalue weighted by atomic mass is 9.64. The summed E-state index contributed by atoms with van der Waals surface area (Å²) in [5.74, 6) is 0.638. The second-order valence-electron chi connectivity index (χ2n) is 8.06. The highest BCUT2D eigenvalue weighted by atomic mass is 16.2. The van der Waals surface area contributed by atoms with Gasteiger partial charge in [0.1, 0.15) is 0 Å². The van der Waals surface area contributed by atoms with Gasteiger partial charge in [-0.05, 0) is 23.7 Å². The summed E-state index contributed by atoms with van der Waals surface area (Å²) in [6.45, 7) is 1.27. The molecule has 2 aromatic heterocycles. The fourth-order valence-corrected chi connectivity index (χ4v) is 4.45. The van der Waals surface area contributed by atoms with E-state index < -0.39 is 6.92 Å². The largest absolute Gasteiger partial charge is 0.447 e. The van der Waals surface area contributed by atoms with Crippen molar-refractivity contribution in [2.24, 2.45) is 0 Å². The maximum atomic E-state index is 10.1. The fourth-order valence-electron chi connectivity index (χ4n) is 4.45. The summed E-state index contributed by atoms with van der Waals surface area (Å²) in [5, 5.41) is 13.4. The van der Waals surface area contributed by atoms with Crippen molar-refractivity contribution in [3.63, 3.8) is 0 Å². The number of benzene rings is 4. The zero-order valence-electron chi connectivity index (χ0n) is 17.6. The Morgan fingerprint density at radius 1 is 0.688 bits per heavy atom. The summed E-state index contributed by atoms with van der Waals surface area (Å²) in [6.07, 6.45) is 0. The van der Waals surface area contributed by atoms with E-state index in [9.17, 15) is 5.02 Å². The van der Waals surface area contributed by atoms with E-state index in [2.05, 4.69) is 47.0 Å². The molecule has 0 saturated heterocycles. The van der Waals surface area contributed by atoms with E-state index in [0.29, 0.717) is 5.95 Å². The van der Waals surface area contributed by atoms with Gasteiger partial charge in [-0.3, -0.25) is 4.57 Å². The van der Waals surface area contributed by atoms with Gasteiger partial charge >= 0.3 is 6.92 Å². The van der Waals surface area contributed by atoms with Gasteiger partial charge in [0, 0.05) is 21.7 Å². The van der Waals surface area contributed by atoms with Crippen molar-refractivity contribution >= 4 is 45.1 Å². The summed E-state index contributed by atoms with van der Waals surface area (Å²) in [5.41, 5.74) is 5.83. The van der Waals surface area contributed by atoms with Crippen molar-refractivity contribution in [2.45, 2.75) is 6.82 Å². The van der Waals surface area contributed by atoms with Crippen LogP contribution in [0.1, 0.15) is 0 Å². The Labute approximate surface area is 185 Å². The first-order valence-corrected chi connectivity index (χ1v) is 10.7. The standard InChI is InChI=1S/C27H20BN3O/c1-28(32)19-15-16-25-22(17-19)20-11-6-8-14-24(20)31(25)27-29-23-13-7-5-12-21(23)26(30-27)18-9-3-2-4-10-18/h2-17,32H,1H3. The molecule has 0 aliphatic heterocycles. The average Bonchev–Trinajstić information content (AvgIpc) is 3.17. The second kappa shape index (κ2) is 7.33. The molecule has 32 heavy (non-hydrogen) atoms. The molecule has 0 aliphatic rings. The van der Waals surface area contributed by atoms with Crippen molar-refractivity contribution in [3.8, 4) is 17.2 Å². The van der Waals surface area contributed by atoms with Crippen molar-refractivity contribution in [3.05, 3.63) is 97.1 Å². The van der Waals surface area contributed by atoms with Gasteiger partial charge in [0.05, 0.1) is 22.2 Å². The van der Waals surface area contributed by atoms with Crippen LogP contribution < -0.4 is 5.46 Å². The van der Waals surface area contributed by atoms with E-state index >= 15 is 0 Å². The molecule has 0 unspecified atom stereocenters. The molecule has 0 aliphatic carbocycles. The third-order valence-corrected chi connectivity index (χ3v) is 6.02. The first-order valence-electron chi connectivity index (χ1n) is 10.7. The van der Waals surface area contributed by atoms with Crippen LogP contribution in [-0.4, -0.2) is 26.5 Å². The highest BCUT2D eigenvalue weighted by molar-refractivity contribution is 6.65. The minimum atomic E-state index is -0.525. The third-order valence-electron chi connectivity index (χ3n) is 6.02. The fraction of sp³-hybridized carbons (Fsp3) is 0.0370. The van der Waals surface area contributed by atoms with Crippen molar-refractivity contribution < 1.29 is 5.02 Å². The Kier molecular flexibility index (Phi) is 4.30. The van der Waals surface area contributed by atoms with Gasteiger partial charge in [-0.25, -0.2) is 9.97 Å². The lowest BCUT2D eigenvalue weighted by molar-refractivity contribution is 0.594. The van der Waals surface area contributed by atoms with E-state index in [1.165, 1.54) is 0 Å². The highest BCUT2D eigenvalue weighted by Gasteiger charge is 2.18. The van der Waals surface area contributed by atoms with Crippen LogP contribution in [0, 0.1) is 0 Å². The Morgan fingerprint density at radius 2 is 1.38 bits per heavy atom. The van der Waals surface area contributed by atoms with Crippen LogP contribution in [0.4, 0.5) is 0 Å². The molecule has 4 aromatic carbocycles. The van der Waals surface area contributed by atoms with E-state index in [1.54, 1.807) is 6.82 Å².